The number of hydrogen-bond donors (Lipinski definition) is 0. The summed E-state index contributed by atoms with van der Waals surface area (Å²) in [6.07, 6.45) is 2.31. The summed E-state index contributed by atoms with van der Waals surface area (Å²) in [4.78, 5) is 7.45. The number of hydrogen-bond acceptors (Lipinski definition) is 4. The van der Waals surface area contributed by atoms with Crippen molar-refractivity contribution in [3.8, 4) is 11.5 Å². The van der Waals surface area contributed by atoms with Crippen LogP contribution in [0.3, 0.4) is 0 Å². The number of piperidine rings is 1. The fraction of sp³-hybridized carbons (Fsp3) is 0.400. The second-order valence-corrected chi connectivity index (χ2v) is 7.63. The number of aromatic nitrogens is 1. The molecular weight excluding hydrogens is 360 g/mol. The SMILES string of the molecule is CCOc1ccc(CN2CCC(c3ccc4ccccc4n3)CC2)cc1OCC. The summed E-state index contributed by atoms with van der Waals surface area (Å²) in [5.74, 6) is 2.23. The number of ether oxygens (including phenoxy) is 2. The van der Waals surface area contributed by atoms with E-state index in [1.54, 1.807) is 0 Å². The third kappa shape index (κ3) is 4.70. The lowest BCUT2D eigenvalue weighted by atomic mass is 9.92. The lowest BCUT2D eigenvalue weighted by Crippen LogP contribution is -2.32. The van der Waals surface area contributed by atoms with Crippen LogP contribution in [0.1, 0.15) is 43.9 Å². The maximum Gasteiger partial charge on any atom is 0.161 e. The second-order valence-electron chi connectivity index (χ2n) is 7.63. The quantitative estimate of drug-likeness (QED) is 0.540. The summed E-state index contributed by atoms with van der Waals surface area (Å²) in [6, 6.07) is 19.1. The van der Waals surface area contributed by atoms with Crippen LogP contribution in [0.5, 0.6) is 11.5 Å². The Morgan fingerprint density at radius 1 is 0.897 bits per heavy atom. The lowest BCUT2D eigenvalue weighted by molar-refractivity contribution is 0.203. The van der Waals surface area contributed by atoms with E-state index in [9.17, 15) is 0 Å². The zero-order valence-electron chi connectivity index (χ0n) is 17.4. The van der Waals surface area contributed by atoms with E-state index in [0.717, 1.165) is 49.5 Å². The molecule has 1 aliphatic heterocycles. The van der Waals surface area contributed by atoms with Gasteiger partial charge in [-0.1, -0.05) is 30.3 Å². The largest absolute Gasteiger partial charge is 0.490 e. The van der Waals surface area contributed by atoms with E-state index in [1.807, 2.05) is 19.9 Å². The Balaban J connectivity index is 1.38. The van der Waals surface area contributed by atoms with Crippen LogP contribution in [-0.4, -0.2) is 36.2 Å². The van der Waals surface area contributed by atoms with Crippen LogP contribution >= 0.6 is 0 Å². The number of fused-ring (bicyclic) bond motifs is 1. The molecule has 1 aliphatic rings. The highest BCUT2D eigenvalue weighted by Crippen LogP contribution is 2.31. The molecular formula is C25H30N2O2. The van der Waals surface area contributed by atoms with Gasteiger partial charge in [0.25, 0.3) is 0 Å². The van der Waals surface area contributed by atoms with Crippen LogP contribution in [0, 0.1) is 0 Å². The van der Waals surface area contributed by atoms with Gasteiger partial charge in [-0.05, 0) is 69.6 Å². The molecule has 0 unspecified atom stereocenters. The van der Waals surface area contributed by atoms with Gasteiger partial charge in [-0.3, -0.25) is 9.88 Å². The predicted octanol–water partition coefficient (Wildman–Crippen LogP) is 5.41. The summed E-state index contributed by atoms with van der Waals surface area (Å²) in [6.45, 7) is 8.44. The van der Waals surface area contributed by atoms with Gasteiger partial charge in [-0.15, -0.1) is 0 Å². The second kappa shape index (κ2) is 9.27. The Kier molecular flexibility index (Phi) is 6.30. The van der Waals surface area contributed by atoms with E-state index in [0.29, 0.717) is 19.1 Å². The highest BCUT2D eigenvalue weighted by Gasteiger charge is 2.22. The molecule has 1 aromatic heterocycles. The van der Waals surface area contributed by atoms with Crippen molar-refractivity contribution < 1.29 is 9.47 Å². The van der Waals surface area contributed by atoms with Crippen molar-refractivity contribution >= 4 is 10.9 Å². The summed E-state index contributed by atoms with van der Waals surface area (Å²) in [5.41, 5.74) is 3.62. The Morgan fingerprint density at radius 2 is 1.66 bits per heavy atom. The van der Waals surface area contributed by atoms with Crippen LogP contribution < -0.4 is 9.47 Å². The first-order valence-electron chi connectivity index (χ1n) is 10.7. The zero-order valence-corrected chi connectivity index (χ0v) is 17.4. The van der Waals surface area contributed by atoms with Gasteiger partial charge in [0.2, 0.25) is 0 Å². The van der Waals surface area contributed by atoms with Crippen molar-refractivity contribution in [3.05, 3.63) is 65.9 Å². The Labute approximate surface area is 173 Å². The molecule has 1 fully saturated rings. The molecule has 4 heteroatoms. The zero-order chi connectivity index (χ0) is 20.1. The molecule has 152 valence electrons. The number of benzene rings is 2. The van der Waals surface area contributed by atoms with Crippen LogP contribution in [0.4, 0.5) is 0 Å². The van der Waals surface area contributed by atoms with Gasteiger partial charge in [0.05, 0.1) is 18.7 Å². The number of rotatable bonds is 7. The molecule has 0 spiro atoms. The van der Waals surface area contributed by atoms with E-state index in [4.69, 9.17) is 14.5 Å². The van der Waals surface area contributed by atoms with E-state index < -0.39 is 0 Å². The van der Waals surface area contributed by atoms with E-state index in [1.165, 1.54) is 16.6 Å². The monoisotopic (exact) mass is 390 g/mol. The number of likely N-dealkylation sites (tertiary alicyclic amines) is 1. The van der Waals surface area contributed by atoms with Crippen molar-refractivity contribution in [3.63, 3.8) is 0 Å². The molecule has 4 nitrogen and oxygen atoms in total. The number of pyridine rings is 1. The van der Waals surface area contributed by atoms with Crippen molar-refractivity contribution in [1.82, 2.24) is 9.88 Å². The molecule has 0 radical (unpaired) electrons. The van der Waals surface area contributed by atoms with E-state index >= 15 is 0 Å². The molecule has 29 heavy (non-hydrogen) atoms. The molecule has 0 atom stereocenters. The fourth-order valence-electron chi connectivity index (χ4n) is 4.15. The first-order valence-corrected chi connectivity index (χ1v) is 10.7. The minimum absolute atomic E-state index is 0.551. The van der Waals surface area contributed by atoms with E-state index in [2.05, 4.69) is 53.4 Å². The first-order chi connectivity index (χ1) is 14.3. The summed E-state index contributed by atoms with van der Waals surface area (Å²) in [5, 5.41) is 1.22. The third-order valence-corrected chi connectivity index (χ3v) is 5.64. The van der Waals surface area contributed by atoms with Gasteiger partial charge in [0.15, 0.2) is 11.5 Å². The Hall–Kier alpha value is -2.59. The average molecular weight is 391 g/mol. The van der Waals surface area contributed by atoms with Gasteiger partial charge < -0.3 is 9.47 Å². The molecule has 2 aromatic carbocycles. The molecule has 0 amide bonds. The molecule has 2 heterocycles. The van der Waals surface area contributed by atoms with E-state index in [-0.39, 0.29) is 0 Å². The smallest absolute Gasteiger partial charge is 0.161 e. The molecule has 0 aliphatic carbocycles. The summed E-state index contributed by atoms with van der Waals surface area (Å²) < 4.78 is 11.5. The topological polar surface area (TPSA) is 34.6 Å². The molecule has 0 saturated carbocycles. The maximum absolute atomic E-state index is 5.78. The minimum atomic E-state index is 0.551. The Bertz CT molecular complexity index is 948. The lowest BCUT2D eigenvalue weighted by Gasteiger charge is -2.32. The summed E-state index contributed by atoms with van der Waals surface area (Å²) >= 11 is 0. The van der Waals surface area contributed by atoms with Gasteiger partial charge in [0.1, 0.15) is 0 Å². The molecule has 0 bridgehead atoms. The van der Waals surface area contributed by atoms with Gasteiger partial charge in [-0.25, -0.2) is 0 Å². The third-order valence-electron chi connectivity index (χ3n) is 5.64. The molecule has 0 N–H and O–H groups in total. The minimum Gasteiger partial charge on any atom is -0.490 e. The van der Waals surface area contributed by atoms with Crippen molar-refractivity contribution in [2.45, 2.75) is 39.2 Å². The van der Waals surface area contributed by atoms with Gasteiger partial charge in [0, 0.05) is 23.5 Å². The Morgan fingerprint density at radius 3 is 2.45 bits per heavy atom. The van der Waals surface area contributed by atoms with Crippen LogP contribution in [-0.2, 0) is 6.54 Å². The molecule has 1 saturated heterocycles. The van der Waals surface area contributed by atoms with Crippen LogP contribution in [0.25, 0.3) is 10.9 Å². The normalized spacial score (nSPS) is 15.5. The molecule has 4 rings (SSSR count). The predicted molar refractivity (Wildman–Crippen MR) is 118 cm³/mol. The summed E-state index contributed by atoms with van der Waals surface area (Å²) in [7, 11) is 0. The maximum atomic E-state index is 5.78. The number of nitrogens with zero attached hydrogens (tertiary/aromatic N) is 2. The molecule has 3 aromatic rings. The average Bonchev–Trinajstić information content (AvgIpc) is 2.76. The highest BCUT2D eigenvalue weighted by molar-refractivity contribution is 5.78. The van der Waals surface area contributed by atoms with Crippen molar-refractivity contribution in [2.24, 2.45) is 0 Å². The van der Waals surface area contributed by atoms with Gasteiger partial charge >= 0.3 is 0 Å². The van der Waals surface area contributed by atoms with Gasteiger partial charge in [-0.2, -0.15) is 0 Å². The first kappa shape index (κ1) is 19.7. The van der Waals surface area contributed by atoms with Crippen molar-refractivity contribution in [1.29, 1.82) is 0 Å². The standard InChI is InChI=1S/C25H30N2O2/c1-3-28-24-12-9-19(17-25(24)29-4-2)18-27-15-13-21(14-16-27)23-11-10-20-7-5-6-8-22(20)26-23/h5-12,17,21H,3-4,13-16,18H2,1-2H3. The fourth-order valence-corrected chi connectivity index (χ4v) is 4.15. The number of para-hydroxylation sites is 1. The van der Waals surface area contributed by atoms with Crippen molar-refractivity contribution in [2.75, 3.05) is 26.3 Å². The highest BCUT2D eigenvalue weighted by atomic mass is 16.5. The van der Waals surface area contributed by atoms with Crippen LogP contribution in [0.15, 0.2) is 54.6 Å². The van der Waals surface area contributed by atoms with Crippen LogP contribution in [0.2, 0.25) is 0 Å².